The molecule has 1 amide bonds. The summed E-state index contributed by atoms with van der Waals surface area (Å²) in [5, 5.41) is 3.02. The number of halogens is 3. The summed E-state index contributed by atoms with van der Waals surface area (Å²) in [4.78, 5) is 29.3. The second-order valence-electron chi connectivity index (χ2n) is 6.82. The predicted octanol–water partition coefficient (Wildman–Crippen LogP) is 4.91. The fourth-order valence-corrected chi connectivity index (χ4v) is 3.85. The highest BCUT2D eigenvalue weighted by atomic mass is 35.5. The fourth-order valence-electron chi connectivity index (χ4n) is 3.43. The van der Waals surface area contributed by atoms with Crippen molar-refractivity contribution in [1.29, 1.82) is 0 Å². The summed E-state index contributed by atoms with van der Waals surface area (Å²) < 4.78 is 19.2. The van der Waals surface area contributed by atoms with E-state index in [1.165, 1.54) is 31.3 Å². The van der Waals surface area contributed by atoms with Gasteiger partial charge in [0, 0.05) is 6.20 Å². The molecule has 0 radical (unpaired) electrons. The molecule has 1 atom stereocenters. The van der Waals surface area contributed by atoms with Crippen molar-refractivity contribution >= 4 is 40.9 Å². The molecule has 8 heteroatoms. The van der Waals surface area contributed by atoms with E-state index in [4.69, 9.17) is 27.9 Å². The minimum absolute atomic E-state index is 0.125. The first-order valence-electron chi connectivity index (χ1n) is 8.91. The molecular formula is C20H19Cl2FN2O3. The number of amides is 1. The highest BCUT2D eigenvalue weighted by Crippen LogP contribution is 2.42. The lowest BCUT2D eigenvalue weighted by Gasteiger charge is -2.28. The number of esters is 1. The number of pyridine rings is 1. The van der Waals surface area contributed by atoms with Crippen LogP contribution < -0.4 is 5.32 Å². The van der Waals surface area contributed by atoms with Gasteiger partial charge in [0.25, 0.3) is 5.91 Å². The third kappa shape index (κ3) is 4.28. The SMILES string of the molecule is CC(OC(=O)C1(c2cccc(F)c2)CCCC1)C(=O)Nc1ncc(Cl)cc1Cl. The summed E-state index contributed by atoms with van der Waals surface area (Å²) in [7, 11) is 0. The number of anilines is 1. The van der Waals surface area contributed by atoms with Crippen molar-refractivity contribution in [2.75, 3.05) is 5.32 Å². The van der Waals surface area contributed by atoms with Crippen LogP contribution in [-0.2, 0) is 19.7 Å². The Labute approximate surface area is 172 Å². The van der Waals surface area contributed by atoms with Crippen LogP contribution in [0, 0.1) is 5.82 Å². The number of nitrogens with one attached hydrogen (secondary N) is 1. The van der Waals surface area contributed by atoms with Crippen LogP contribution in [0.25, 0.3) is 0 Å². The third-order valence-electron chi connectivity index (χ3n) is 4.93. The van der Waals surface area contributed by atoms with Crippen molar-refractivity contribution in [1.82, 2.24) is 4.98 Å². The normalized spacial score (nSPS) is 16.4. The number of carbonyl (C=O) groups is 2. The van der Waals surface area contributed by atoms with Gasteiger partial charge in [0.2, 0.25) is 0 Å². The molecule has 2 aromatic rings. The van der Waals surface area contributed by atoms with Gasteiger partial charge in [-0.1, -0.05) is 48.2 Å². The highest BCUT2D eigenvalue weighted by Gasteiger charge is 2.45. The lowest BCUT2D eigenvalue weighted by molar-refractivity contribution is -0.159. The molecule has 0 spiro atoms. The third-order valence-corrected chi connectivity index (χ3v) is 5.42. The molecule has 1 aliphatic rings. The first kappa shape index (κ1) is 20.6. The Morgan fingerprint density at radius 3 is 2.61 bits per heavy atom. The first-order valence-corrected chi connectivity index (χ1v) is 9.66. The van der Waals surface area contributed by atoms with Gasteiger partial charge in [0.1, 0.15) is 5.82 Å². The van der Waals surface area contributed by atoms with Gasteiger partial charge in [-0.25, -0.2) is 9.37 Å². The topological polar surface area (TPSA) is 68.3 Å². The van der Waals surface area contributed by atoms with E-state index >= 15 is 0 Å². The van der Waals surface area contributed by atoms with Crippen molar-refractivity contribution in [2.45, 2.75) is 44.1 Å². The van der Waals surface area contributed by atoms with E-state index < -0.39 is 29.2 Å². The molecule has 1 saturated carbocycles. The Balaban J connectivity index is 1.73. The summed E-state index contributed by atoms with van der Waals surface area (Å²) in [6, 6.07) is 7.42. The number of aromatic nitrogens is 1. The van der Waals surface area contributed by atoms with Gasteiger partial charge in [0.05, 0.1) is 15.5 Å². The molecule has 3 rings (SSSR count). The molecule has 1 unspecified atom stereocenters. The maximum Gasteiger partial charge on any atom is 0.317 e. The molecule has 0 bridgehead atoms. The first-order chi connectivity index (χ1) is 13.3. The standard InChI is InChI=1S/C20H19Cl2FN2O3/c1-12(18(26)25-17-16(22)10-14(21)11-24-17)28-19(27)20(7-2-3-8-20)13-5-4-6-15(23)9-13/h4-6,9-12H,2-3,7-8H2,1H3,(H,24,25,26). The summed E-state index contributed by atoms with van der Waals surface area (Å²) in [6.45, 7) is 1.46. The van der Waals surface area contributed by atoms with Gasteiger partial charge in [0.15, 0.2) is 11.9 Å². The number of hydrogen-bond acceptors (Lipinski definition) is 4. The van der Waals surface area contributed by atoms with E-state index in [0.717, 1.165) is 12.8 Å². The molecule has 1 aliphatic carbocycles. The molecule has 1 N–H and O–H groups in total. The van der Waals surface area contributed by atoms with Gasteiger partial charge in [-0.15, -0.1) is 0 Å². The second kappa shape index (κ2) is 8.45. The monoisotopic (exact) mass is 424 g/mol. The van der Waals surface area contributed by atoms with Gasteiger partial charge < -0.3 is 10.1 Å². The lowest BCUT2D eigenvalue weighted by atomic mass is 9.79. The molecule has 1 aromatic carbocycles. The summed E-state index contributed by atoms with van der Waals surface area (Å²) in [6.07, 6.45) is 3.03. The Morgan fingerprint density at radius 2 is 1.96 bits per heavy atom. The molecule has 1 aromatic heterocycles. The van der Waals surface area contributed by atoms with Gasteiger partial charge in [-0.3, -0.25) is 9.59 Å². The van der Waals surface area contributed by atoms with Crippen LogP contribution in [0.1, 0.15) is 38.2 Å². The molecule has 28 heavy (non-hydrogen) atoms. The Bertz CT molecular complexity index is 901. The van der Waals surface area contributed by atoms with Crippen molar-refractivity contribution in [3.8, 4) is 0 Å². The van der Waals surface area contributed by atoms with E-state index in [2.05, 4.69) is 10.3 Å². The van der Waals surface area contributed by atoms with Crippen LogP contribution in [0.2, 0.25) is 10.0 Å². The van der Waals surface area contributed by atoms with E-state index in [-0.39, 0.29) is 10.8 Å². The van der Waals surface area contributed by atoms with Crippen LogP contribution in [-0.4, -0.2) is 23.0 Å². The van der Waals surface area contributed by atoms with E-state index in [0.29, 0.717) is 23.4 Å². The molecule has 1 fully saturated rings. The molecule has 148 valence electrons. The number of rotatable bonds is 5. The van der Waals surface area contributed by atoms with E-state index in [9.17, 15) is 14.0 Å². The smallest absolute Gasteiger partial charge is 0.317 e. The molecule has 0 aliphatic heterocycles. The molecule has 0 saturated heterocycles. The number of nitrogens with zero attached hydrogens (tertiary/aromatic N) is 1. The van der Waals surface area contributed by atoms with Crippen LogP contribution in [0.5, 0.6) is 0 Å². The maximum atomic E-state index is 13.7. The van der Waals surface area contributed by atoms with Crippen LogP contribution in [0.15, 0.2) is 36.5 Å². The van der Waals surface area contributed by atoms with Gasteiger partial charge >= 0.3 is 5.97 Å². The van der Waals surface area contributed by atoms with Crippen LogP contribution >= 0.6 is 23.2 Å². The van der Waals surface area contributed by atoms with Crippen molar-refractivity contribution < 1.29 is 18.7 Å². The maximum absolute atomic E-state index is 13.7. The zero-order chi connectivity index (χ0) is 20.3. The van der Waals surface area contributed by atoms with Crippen LogP contribution in [0.4, 0.5) is 10.2 Å². The Morgan fingerprint density at radius 1 is 1.25 bits per heavy atom. The number of carbonyl (C=O) groups excluding carboxylic acids is 2. The quantitative estimate of drug-likeness (QED) is 0.692. The number of ether oxygens (including phenoxy) is 1. The second-order valence-corrected chi connectivity index (χ2v) is 7.66. The van der Waals surface area contributed by atoms with E-state index in [1.807, 2.05) is 0 Å². The van der Waals surface area contributed by atoms with E-state index in [1.54, 1.807) is 12.1 Å². The fraction of sp³-hybridized carbons (Fsp3) is 0.350. The zero-order valence-electron chi connectivity index (χ0n) is 15.2. The Hall–Kier alpha value is -2.18. The van der Waals surface area contributed by atoms with Gasteiger partial charge in [-0.2, -0.15) is 0 Å². The van der Waals surface area contributed by atoms with Gasteiger partial charge in [-0.05, 0) is 43.5 Å². The molecular weight excluding hydrogens is 406 g/mol. The molecule has 1 heterocycles. The summed E-state index contributed by atoms with van der Waals surface area (Å²) >= 11 is 11.8. The van der Waals surface area contributed by atoms with Crippen molar-refractivity contribution in [3.63, 3.8) is 0 Å². The Kier molecular flexibility index (Phi) is 6.20. The zero-order valence-corrected chi connectivity index (χ0v) is 16.7. The average Bonchev–Trinajstić information content (AvgIpc) is 3.15. The minimum Gasteiger partial charge on any atom is -0.452 e. The van der Waals surface area contributed by atoms with Crippen molar-refractivity contribution in [2.24, 2.45) is 0 Å². The average molecular weight is 425 g/mol. The number of hydrogen-bond donors (Lipinski definition) is 1. The summed E-state index contributed by atoms with van der Waals surface area (Å²) in [5.41, 5.74) is -0.364. The minimum atomic E-state index is -1.08. The number of benzene rings is 1. The highest BCUT2D eigenvalue weighted by molar-refractivity contribution is 6.36. The lowest BCUT2D eigenvalue weighted by Crippen LogP contribution is -2.40. The summed E-state index contributed by atoms with van der Waals surface area (Å²) in [5.74, 6) is -1.39. The van der Waals surface area contributed by atoms with Crippen molar-refractivity contribution in [3.05, 3.63) is 58.0 Å². The predicted molar refractivity (Wildman–Crippen MR) is 105 cm³/mol. The largest absolute Gasteiger partial charge is 0.452 e. The van der Waals surface area contributed by atoms with Crippen LogP contribution in [0.3, 0.4) is 0 Å². The molecule has 5 nitrogen and oxygen atoms in total.